The van der Waals surface area contributed by atoms with Crippen LogP contribution in [0, 0.1) is 0 Å². The predicted octanol–water partition coefficient (Wildman–Crippen LogP) is 1.40. The Morgan fingerprint density at radius 1 is 1.53 bits per heavy atom. The van der Waals surface area contributed by atoms with Crippen LogP contribution in [-0.4, -0.2) is 27.3 Å². The maximum absolute atomic E-state index is 11.9. The molecule has 0 aliphatic rings. The third-order valence-electron chi connectivity index (χ3n) is 2.55. The molecule has 0 aliphatic heterocycles. The first-order valence-corrected chi connectivity index (χ1v) is 6.05. The summed E-state index contributed by atoms with van der Waals surface area (Å²) in [4.78, 5) is 15.9. The SMILES string of the molecule is CCCC(O)CNc1nccn(C(C)C)c1=O. The summed E-state index contributed by atoms with van der Waals surface area (Å²) in [6, 6.07) is 0.103. The van der Waals surface area contributed by atoms with Crippen molar-refractivity contribution in [1.82, 2.24) is 9.55 Å². The van der Waals surface area contributed by atoms with Gasteiger partial charge < -0.3 is 15.0 Å². The van der Waals surface area contributed by atoms with Crippen molar-refractivity contribution < 1.29 is 5.11 Å². The van der Waals surface area contributed by atoms with E-state index in [9.17, 15) is 9.90 Å². The number of hydrogen-bond donors (Lipinski definition) is 2. The van der Waals surface area contributed by atoms with Crippen molar-refractivity contribution in [2.75, 3.05) is 11.9 Å². The van der Waals surface area contributed by atoms with Gasteiger partial charge in [0.05, 0.1) is 6.10 Å². The Hall–Kier alpha value is -1.36. The molecule has 0 saturated carbocycles. The van der Waals surface area contributed by atoms with Gasteiger partial charge in [0.1, 0.15) is 0 Å². The average Bonchev–Trinajstić information content (AvgIpc) is 2.27. The minimum Gasteiger partial charge on any atom is -0.391 e. The predicted molar refractivity (Wildman–Crippen MR) is 68.3 cm³/mol. The van der Waals surface area contributed by atoms with Crippen LogP contribution in [0.5, 0.6) is 0 Å². The lowest BCUT2D eigenvalue weighted by Crippen LogP contribution is -2.28. The van der Waals surface area contributed by atoms with E-state index in [-0.39, 0.29) is 11.6 Å². The summed E-state index contributed by atoms with van der Waals surface area (Å²) < 4.78 is 1.61. The Morgan fingerprint density at radius 2 is 2.24 bits per heavy atom. The molecule has 0 aromatic carbocycles. The summed E-state index contributed by atoms with van der Waals surface area (Å²) >= 11 is 0. The molecule has 0 spiro atoms. The fourth-order valence-corrected chi connectivity index (χ4v) is 1.60. The molecule has 96 valence electrons. The van der Waals surface area contributed by atoms with Gasteiger partial charge in [0.15, 0.2) is 5.82 Å². The minimum absolute atomic E-state index is 0.103. The molecule has 1 rings (SSSR count). The fraction of sp³-hybridized carbons (Fsp3) is 0.667. The lowest BCUT2D eigenvalue weighted by atomic mass is 10.2. The highest BCUT2D eigenvalue weighted by molar-refractivity contribution is 5.30. The van der Waals surface area contributed by atoms with Gasteiger partial charge in [0.25, 0.3) is 5.56 Å². The molecule has 2 N–H and O–H groups in total. The number of aliphatic hydroxyl groups is 1. The molecule has 0 fully saturated rings. The van der Waals surface area contributed by atoms with E-state index in [2.05, 4.69) is 10.3 Å². The number of aliphatic hydroxyl groups excluding tert-OH is 1. The average molecular weight is 239 g/mol. The highest BCUT2D eigenvalue weighted by Gasteiger charge is 2.08. The zero-order valence-corrected chi connectivity index (χ0v) is 10.7. The van der Waals surface area contributed by atoms with Crippen LogP contribution in [-0.2, 0) is 0 Å². The van der Waals surface area contributed by atoms with E-state index in [1.807, 2.05) is 20.8 Å². The number of rotatable bonds is 6. The number of nitrogens with one attached hydrogen (secondary N) is 1. The second kappa shape index (κ2) is 6.39. The van der Waals surface area contributed by atoms with E-state index in [1.54, 1.807) is 17.0 Å². The topological polar surface area (TPSA) is 67.2 Å². The summed E-state index contributed by atoms with van der Waals surface area (Å²) in [5.74, 6) is 0.302. The zero-order chi connectivity index (χ0) is 12.8. The first-order valence-electron chi connectivity index (χ1n) is 6.05. The molecule has 17 heavy (non-hydrogen) atoms. The van der Waals surface area contributed by atoms with Crippen molar-refractivity contribution in [3.8, 4) is 0 Å². The van der Waals surface area contributed by atoms with Crippen LogP contribution >= 0.6 is 0 Å². The zero-order valence-electron chi connectivity index (χ0n) is 10.7. The van der Waals surface area contributed by atoms with E-state index in [4.69, 9.17) is 0 Å². The van der Waals surface area contributed by atoms with E-state index in [0.29, 0.717) is 12.4 Å². The molecule has 0 amide bonds. The maximum Gasteiger partial charge on any atom is 0.293 e. The molecule has 5 nitrogen and oxygen atoms in total. The molecule has 0 bridgehead atoms. The van der Waals surface area contributed by atoms with Crippen molar-refractivity contribution in [3.05, 3.63) is 22.7 Å². The molecule has 1 aromatic rings. The van der Waals surface area contributed by atoms with Crippen molar-refractivity contribution in [2.45, 2.75) is 45.8 Å². The van der Waals surface area contributed by atoms with E-state index >= 15 is 0 Å². The van der Waals surface area contributed by atoms with Crippen LogP contribution in [0.4, 0.5) is 5.82 Å². The summed E-state index contributed by atoms with van der Waals surface area (Å²) in [6.45, 7) is 6.25. The van der Waals surface area contributed by atoms with Crippen molar-refractivity contribution in [2.24, 2.45) is 0 Å². The second-order valence-electron chi connectivity index (χ2n) is 4.41. The Morgan fingerprint density at radius 3 is 2.82 bits per heavy atom. The lowest BCUT2D eigenvalue weighted by Gasteiger charge is -2.13. The molecule has 5 heteroatoms. The van der Waals surface area contributed by atoms with Gasteiger partial charge in [-0.15, -0.1) is 0 Å². The Balaban J connectivity index is 2.72. The normalized spacial score (nSPS) is 12.8. The van der Waals surface area contributed by atoms with Gasteiger partial charge in [-0.25, -0.2) is 4.98 Å². The largest absolute Gasteiger partial charge is 0.391 e. The standard InChI is InChI=1S/C12H21N3O2/c1-4-5-10(16)8-14-11-12(17)15(9(2)3)7-6-13-11/h6-7,9-10,16H,4-5,8H2,1-3H3,(H,13,14). The van der Waals surface area contributed by atoms with Gasteiger partial charge in [-0.05, 0) is 20.3 Å². The Bertz CT molecular complexity index is 401. The van der Waals surface area contributed by atoms with Crippen molar-refractivity contribution in [1.29, 1.82) is 0 Å². The van der Waals surface area contributed by atoms with Gasteiger partial charge in [0.2, 0.25) is 0 Å². The molecular weight excluding hydrogens is 218 g/mol. The van der Waals surface area contributed by atoms with Crippen molar-refractivity contribution >= 4 is 5.82 Å². The minimum atomic E-state index is -0.436. The van der Waals surface area contributed by atoms with E-state index in [1.165, 1.54) is 0 Å². The second-order valence-corrected chi connectivity index (χ2v) is 4.41. The van der Waals surface area contributed by atoms with Gasteiger partial charge in [-0.3, -0.25) is 4.79 Å². The van der Waals surface area contributed by atoms with Crippen LogP contribution in [0.2, 0.25) is 0 Å². The van der Waals surface area contributed by atoms with Gasteiger partial charge in [0, 0.05) is 25.0 Å². The van der Waals surface area contributed by atoms with Crippen molar-refractivity contribution in [3.63, 3.8) is 0 Å². The molecule has 0 aliphatic carbocycles. The first kappa shape index (κ1) is 13.7. The highest BCUT2D eigenvalue weighted by atomic mass is 16.3. The van der Waals surface area contributed by atoms with Crippen LogP contribution in [0.3, 0.4) is 0 Å². The third kappa shape index (κ3) is 3.85. The molecule has 1 aromatic heterocycles. The molecule has 0 radical (unpaired) electrons. The Kier molecular flexibility index (Phi) is 5.15. The van der Waals surface area contributed by atoms with E-state index < -0.39 is 6.10 Å². The van der Waals surface area contributed by atoms with E-state index in [0.717, 1.165) is 12.8 Å². The first-order chi connectivity index (χ1) is 8.06. The summed E-state index contributed by atoms with van der Waals surface area (Å²) in [5, 5.41) is 12.5. The van der Waals surface area contributed by atoms with Crippen LogP contribution in [0.1, 0.15) is 39.7 Å². The lowest BCUT2D eigenvalue weighted by molar-refractivity contribution is 0.176. The number of hydrogen-bond acceptors (Lipinski definition) is 4. The molecule has 1 atom stereocenters. The smallest absolute Gasteiger partial charge is 0.293 e. The van der Waals surface area contributed by atoms with Gasteiger partial charge in [-0.2, -0.15) is 0 Å². The molecule has 1 unspecified atom stereocenters. The molecular formula is C12H21N3O2. The maximum atomic E-state index is 11.9. The quantitative estimate of drug-likeness (QED) is 0.787. The fourth-order valence-electron chi connectivity index (χ4n) is 1.60. The Labute approximate surface area is 102 Å². The number of aromatic nitrogens is 2. The molecule has 1 heterocycles. The third-order valence-corrected chi connectivity index (χ3v) is 2.55. The summed E-state index contributed by atoms with van der Waals surface area (Å²) in [5.41, 5.74) is -0.147. The highest BCUT2D eigenvalue weighted by Crippen LogP contribution is 2.02. The molecule has 0 saturated heterocycles. The summed E-state index contributed by atoms with van der Waals surface area (Å²) in [7, 11) is 0. The van der Waals surface area contributed by atoms with Gasteiger partial charge >= 0.3 is 0 Å². The van der Waals surface area contributed by atoms with Crippen LogP contribution in [0.15, 0.2) is 17.2 Å². The van der Waals surface area contributed by atoms with Crippen LogP contribution < -0.4 is 10.9 Å². The number of anilines is 1. The summed E-state index contributed by atoms with van der Waals surface area (Å²) in [6.07, 6.45) is 4.46. The number of nitrogens with zero attached hydrogens (tertiary/aromatic N) is 2. The van der Waals surface area contributed by atoms with Gasteiger partial charge in [-0.1, -0.05) is 13.3 Å². The monoisotopic (exact) mass is 239 g/mol. The van der Waals surface area contributed by atoms with Crippen LogP contribution in [0.25, 0.3) is 0 Å².